The number of fused-ring (bicyclic) bond motifs is 1. The standard InChI is InChI=1S/C20H23NO3/c22-18(20-9-14-5-15(10-20)7-16(6-14)11-20)2-1-13-8-17-19(21-12-13)24-4-3-23-17/h1-2,8,12,14-16H,3-7,9-11H2/b2-1+. The van der Waals surface area contributed by atoms with Crippen molar-refractivity contribution in [1.82, 2.24) is 4.98 Å². The number of carbonyl (C=O) groups excluding carboxylic acids is 1. The summed E-state index contributed by atoms with van der Waals surface area (Å²) in [5.74, 6) is 3.94. The second-order valence-electron chi connectivity index (χ2n) is 8.16. The van der Waals surface area contributed by atoms with Gasteiger partial charge in [0.25, 0.3) is 5.88 Å². The van der Waals surface area contributed by atoms with Crippen LogP contribution in [0.5, 0.6) is 11.6 Å². The number of hydrogen-bond acceptors (Lipinski definition) is 4. The van der Waals surface area contributed by atoms with Gasteiger partial charge in [0, 0.05) is 11.6 Å². The van der Waals surface area contributed by atoms with E-state index in [2.05, 4.69) is 4.98 Å². The van der Waals surface area contributed by atoms with E-state index in [9.17, 15) is 4.79 Å². The smallest absolute Gasteiger partial charge is 0.257 e. The van der Waals surface area contributed by atoms with Crippen molar-refractivity contribution in [2.45, 2.75) is 38.5 Å². The topological polar surface area (TPSA) is 48.4 Å². The van der Waals surface area contributed by atoms with Crippen LogP contribution in [0, 0.1) is 23.2 Å². The Morgan fingerprint density at radius 1 is 1.08 bits per heavy atom. The van der Waals surface area contributed by atoms with Gasteiger partial charge in [0.15, 0.2) is 11.5 Å². The lowest BCUT2D eigenvalue weighted by molar-refractivity contribution is -0.138. The molecule has 1 aliphatic heterocycles. The first-order valence-electron chi connectivity index (χ1n) is 9.18. The summed E-state index contributed by atoms with van der Waals surface area (Å²) in [6.07, 6.45) is 12.9. The molecule has 126 valence electrons. The maximum Gasteiger partial charge on any atom is 0.257 e. The Labute approximate surface area is 142 Å². The van der Waals surface area contributed by atoms with Crippen molar-refractivity contribution in [3.63, 3.8) is 0 Å². The molecule has 0 atom stereocenters. The number of hydrogen-bond donors (Lipinski definition) is 0. The van der Waals surface area contributed by atoms with Crippen molar-refractivity contribution in [1.29, 1.82) is 0 Å². The van der Waals surface area contributed by atoms with Crippen molar-refractivity contribution in [2.75, 3.05) is 13.2 Å². The van der Waals surface area contributed by atoms with Gasteiger partial charge in [-0.2, -0.15) is 0 Å². The van der Waals surface area contributed by atoms with Gasteiger partial charge in [-0.05, 0) is 80.1 Å². The van der Waals surface area contributed by atoms with Crippen molar-refractivity contribution >= 4 is 11.9 Å². The maximum absolute atomic E-state index is 13.0. The molecule has 1 aromatic heterocycles. The van der Waals surface area contributed by atoms with Crippen LogP contribution < -0.4 is 9.47 Å². The lowest BCUT2D eigenvalue weighted by Gasteiger charge is -2.55. The van der Waals surface area contributed by atoms with Gasteiger partial charge in [-0.15, -0.1) is 0 Å². The van der Waals surface area contributed by atoms with E-state index in [0.717, 1.165) is 42.6 Å². The van der Waals surface area contributed by atoms with E-state index in [1.807, 2.05) is 12.1 Å². The molecule has 4 aliphatic carbocycles. The number of ether oxygens (including phenoxy) is 2. The summed E-state index contributed by atoms with van der Waals surface area (Å²) in [5, 5.41) is 0. The molecular weight excluding hydrogens is 302 g/mol. The van der Waals surface area contributed by atoms with Gasteiger partial charge in [0.05, 0.1) is 0 Å². The Kier molecular flexibility index (Phi) is 3.22. The summed E-state index contributed by atoms with van der Waals surface area (Å²) in [4.78, 5) is 17.3. The fourth-order valence-corrected chi connectivity index (χ4v) is 5.80. The SMILES string of the molecule is O=C(/C=C/c1cnc2c(c1)OCCO2)C12CC3CC(CC(C3)C1)C2. The van der Waals surface area contributed by atoms with Gasteiger partial charge < -0.3 is 9.47 Å². The molecule has 6 rings (SSSR count). The molecule has 4 heteroatoms. The molecule has 0 spiro atoms. The Hall–Kier alpha value is -1.84. The van der Waals surface area contributed by atoms with E-state index in [4.69, 9.17) is 9.47 Å². The van der Waals surface area contributed by atoms with E-state index in [1.54, 1.807) is 12.3 Å². The zero-order chi connectivity index (χ0) is 16.1. The summed E-state index contributed by atoms with van der Waals surface area (Å²) in [5.41, 5.74) is 0.837. The molecule has 0 aromatic carbocycles. The third-order valence-corrected chi connectivity index (χ3v) is 6.41. The van der Waals surface area contributed by atoms with Crippen molar-refractivity contribution in [3.8, 4) is 11.6 Å². The lowest BCUT2D eigenvalue weighted by Crippen LogP contribution is -2.49. The molecule has 0 saturated heterocycles. The fraction of sp³-hybridized carbons (Fsp3) is 0.600. The van der Waals surface area contributed by atoms with Crippen LogP contribution in [-0.2, 0) is 4.79 Å². The Bertz CT molecular complexity index is 674. The quantitative estimate of drug-likeness (QED) is 0.796. The van der Waals surface area contributed by atoms with E-state index in [0.29, 0.717) is 30.6 Å². The molecule has 0 radical (unpaired) electrons. The molecule has 1 aromatic rings. The van der Waals surface area contributed by atoms with Crippen LogP contribution in [0.3, 0.4) is 0 Å². The first kappa shape index (κ1) is 14.5. The summed E-state index contributed by atoms with van der Waals surface area (Å²) in [6, 6.07) is 1.91. The monoisotopic (exact) mass is 325 g/mol. The van der Waals surface area contributed by atoms with Crippen LogP contribution in [0.15, 0.2) is 18.3 Å². The second-order valence-corrected chi connectivity index (χ2v) is 8.16. The average Bonchev–Trinajstić information content (AvgIpc) is 2.58. The zero-order valence-corrected chi connectivity index (χ0v) is 13.9. The molecule has 24 heavy (non-hydrogen) atoms. The van der Waals surface area contributed by atoms with Crippen LogP contribution in [0.25, 0.3) is 6.08 Å². The molecule has 4 nitrogen and oxygen atoms in total. The second kappa shape index (κ2) is 5.33. The highest BCUT2D eigenvalue weighted by atomic mass is 16.6. The lowest BCUT2D eigenvalue weighted by atomic mass is 9.48. The third kappa shape index (κ3) is 2.35. The molecule has 2 heterocycles. The predicted octanol–water partition coefficient (Wildman–Crippen LogP) is 3.65. The highest BCUT2D eigenvalue weighted by Gasteiger charge is 2.53. The Morgan fingerprint density at radius 2 is 1.75 bits per heavy atom. The van der Waals surface area contributed by atoms with Gasteiger partial charge >= 0.3 is 0 Å². The molecule has 4 bridgehead atoms. The van der Waals surface area contributed by atoms with Gasteiger partial charge in [-0.3, -0.25) is 4.79 Å². The number of rotatable bonds is 3. The van der Waals surface area contributed by atoms with Crippen molar-refractivity contribution < 1.29 is 14.3 Å². The van der Waals surface area contributed by atoms with E-state index in [-0.39, 0.29) is 5.41 Å². The normalized spacial score (nSPS) is 36.2. The summed E-state index contributed by atoms with van der Waals surface area (Å²) in [6.45, 7) is 1.09. The number of carbonyl (C=O) groups is 1. The van der Waals surface area contributed by atoms with Crippen LogP contribution in [0.4, 0.5) is 0 Å². The number of pyridine rings is 1. The molecule has 0 unspecified atom stereocenters. The minimum absolute atomic E-state index is 0.0630. The van der Waals surface area contributed by atoms with E-state index >= 15 is 0 Å². The van der Waals surface area contributed by atoms with Crippen LogP contribution in [-0.4, -0.2) is 24.0 Å². The Balaban J connectivity index is 1.36. The molecule has 4 fully saturated rings. The third-order valence-electron chi connectivity index (χ3n) is 6.41. The van der Waals surface area contributed by atoms with Gasteiger partial charge in [-0.1, -0.05) is 0 Å². The van der Waals surface area contributed by atoms with E-state index in [1.165, 1.54) is 19.3 Å². The zero-order valence-electron chi connectivity index (χ0n) is 13.9. The van der Waals surface area contributed by atoms with Gasteiger partial charge in [-0.25, -0.2) is 4.98 Å². The highest BCUT2D eigenvalue weighted by Crippen LogP contribution is 2.60. The molecule has 0 amide bonds. The molecule has 0 N–H and O–H groups in total. The van der Waals surface area contributed by atoms with Crippen LogP contribution in [0.2, 0.25) is 0 Å². The largest absolute Gasteiger partial charge is 0.484 e. The predicted molar refractivity (Wildman–Crippen MR) is 89.9 cm³/mol. The van der Waals surface area contributed by atoms with E-state index < -0.39 is 0 Å². The number of allylic oxidation sites excluding steroid dienone is 1. The average molecular weight is 325 g/mol. The first-order chi connectivity index (χ1) is 11.7. The van der Waals surface area contributed by atoms with Crippen molar-refractivity contribution in [3.05, 3.63) is 23.9 Å². The van der Waals surface area contributed by atoms with Crippen LogP contribution >= 0.6 is 0 Å². The molecule has 5 aliphatic rings. The highest BCUT2D eigenvalue weighted by molar-refractivity contribution is 5.98. The molecule has 4 saturated carbocycles. The number of nitrogens with zero attached hydrogens (tertiary/aromatic N) is 1. The number of aromatic nitrogens is 1. The number of ketones is 1. The van der Waals surface area contributed by atoms with Crippen LogP contribution in [0.1, 0.15) is 44.1 Å². The van der Waals surface area contributed by atoms with Gasteiger partial charge in [0.2, 0.25) is 0 Å². The summed E-state index contributed by atoms with van der Waals surface area (Å²) < 4.78 is 11.0. The maximum atomic E-state index is 13.0. The summed E-state index contributed by atoms with van der Waals surface area (Å²) in [7, 11) is 0. The molecular formula is C20H23NO3. The summed E-state index contributed by atoms with van der Waals surface area (Å²) >= 11 is 0. The minimum atomic E-state index is -0.0630. The first-order valence-corrected chi connectivity index (χ1v) is 9.18. The Morgan fingerprint density at radius 3 is 2.46 bits per heavy atom. The van der Waals surface area contributed by atoms with Gasteiger partial charge in [0.1, 0.15) is 13.2 Å². The fourth-order valence-electron chi connectivity index (χ4n) is 5.80. The minimum Gasteiger partial charge on any atom is -0.484 e. The van der Waals surface area contributed by atoms with Crippen molar-refractivity contribution in [2.24, 2.45) is 23.2 Å².